The third-order valence-corrected chi connectivity index (χ3v) is 5.67. The van der Waals surface area contributed by atoms with E-state index < -0.39 is 11.7 Å². The van der Waals surface area contributed by atoms with Crippen LogP contribution in [0.1, 0.15) is 22.7 Å². The Morgan fingerprint density at radius 1 is 1.15 bits per heavy atom. The molecule has 2 aromatic carbocycles. The molecule has 2 aromatic rings. The van der Waals surface area contributed by atoms with Crippen molar-refractivity contribution in [3.8, 4) is 0 Å². The Kier molecular flexibility index (Phi) is 6.05. The molecule has 138 valence electrons. The van der Waals surface area contributed by atoms with Crippen LogP contribution >= 0.6 is 35.0 Å². The van der Waals surface area contributed by atoms with E-state index >= 15 is 0 Å². The fourth-order valence-electron chi connectivity index (χ4n) is 2.71. The fraction of sp³-hybridized carbons (Fsp3) is 0.278. The largest absolute Gasteiger partial charge is 0.416 e. The van der Waals surface area contributed by atoms with Gasteiger partial charge in [0, 0.05) is 5.75 Å². The summed E-state index contributed by atoms with van der Waals surface area (Å²) in [5.74, 6) is 0.877. The highest BCUT2D eigenvalue weighted by Crippen LogP contribution is 2.34. The zero-order chi connectivity index (χ0) is 18.7. The molecule has 1 aliphatic rings. The summed E-state index contributed by atoms with van der Waals surface area (Å²) in [6.07, 6.45) is -4.05. The van der Waals surface area contributed by atoms with E-state index in [4.69, 9.17) is 23.2 Å². The number of hydrogen-bond donors (Lipinski definition) is 1. The Balaban J connectivity index is 1.92. The quantitative estimate of drug-likeness (QED) is 0.659. The summed E-state index contributed by atoms with van der Waals surface area (Å²) >= 11 is 14.0. The SMILES string of the molecule is FC(F)(F)c1cccc(CC(NC2=NCCS2)c2cccc(Cl)c2Cl)c1. The lowest BCUT2D eigenvalue weighted by Gasteiger charge is -2.22. The van der Waals surface area contributed by atoms with Gasteiger partial charge in [0.05, 0.1) is 28.2 Å². The van der Waals surface area contributed by atoms with E-state index in [0.29, 0.717) is 28.6 Å². The van der Waals surface area contributed by atoms with Gasteiger partial charge in [0.2, 0.25) is 0 Å². The Labute approximate surface area is 163 Å². The number of benzene rings is 2. The maximum atomic E-state index is 13.0. The van der Waals surface area contributed by atoms with Crippen LogP contribution in [0.5, 0.6) is 0 Å². The van der Waals surface area contributed by atoms with Crippen molar-refractivity contribution < 1.29 is 13.2 Å². The number of amidine groups is 1. The monoisotopic (exact) mass is 418 g/mol. The zero-order valence-corrected chi connectivity index (χ0v) is 15.8. The van der Waals surface area contributed by atoms with Gasteiger partial charge in [-0.2, -0.15) is 13.2 Å². The zero-order valence-electron chi connectivity index (χ0n) is 13.5. The van der Waals surface area contributed by atoms with Gasteiger partial charge < -0.3 is 5.32 Å². The Bertz CT molecular complexity index is 824. The summed E-state index contributed by atoms with van der Waals surface area (Å²) < 4.78 is 39.0. The Morgan fingerprint density at radius 2 is 1.92 bits per heavy atom. The van der Waals surface area contributed by atoms with Crippen LogP contribution < -0.4 is 5.32 Å². The molecule has 0 aliphatic carbocycles. The second-order valence-electron chi connectivity index (χ2n) is 5.78. The Hall–Kier alpha value is -1.37. The first kappa shape index (κ1) is 19.4. The van der Waals surface area contributed by atoms with Crippen molar-refractivity contribution in [1.82, 2.24) is 5.32 Å². The van der Waals surface area contributed by atoms with Crippen molar-refractivity contribution in [2.75, 3.05) is 12.3 Å². The van der Waals surface area contributed by atoms with Gasteiger partial charge in [0.25, 0.3) is 0 Å². The average Bonchev–Trinajstić information content (AvgIpc) is 3.09. The number of nitrogens with zero attached hydrogens (tertiary/aromatic N) is 1. The molecule has 0 radical (unpaired) electrons. The van der Waals surface area contributed by atoms with E-state index in [9.17, 15) is 13.2 Å². The van der Waals surface area contributed by atoms with Crippen molar-refractivity contribution in [3.05, 3.63) is 69.2 Å². The molecular formula is C18H15Cl2F3N2S. The normalized spacial score (nSPS) is 15.7. The number of nitrogens with one attached hydrogen (secondary N) is 1. The summed E-state index contributed by atoms with van der Waals surface area (Å²) in [7, 11) is 0. The first-order valence-electron chi connectivity index (χ1n) is 7.88. The van der Waals surface area contributed by atoms with E-state index in [2.05, 4.69) is 10.3 Å². The summed E-state index contributed by atoms with van der Waals surface area (Å²) in [6.45, 7) is 0.715. The second-order valence-corrected chi connectivity index (χ2v) is 7.65. The molecule has 8 heteroatoms. The highest BCUT2D eigenvalue weighted by atomic mass is 35.5. The number of alkyl halides is 3. The highest BCUT2D eigenvalue weighted by molar-refractivity contribution is 8.14. The first-order valence-corrected chi connectivity index (χ1v) is 9.62. The van der Waals surface area contributed by atoms with Crippen LogP contribution in [0.2, 0.25) is 10.0 Å². The second kappa shape index (κ2) is 8.11. The van der Waals surface area contributed by atoms with Gasteiger partial charge in [0.15, 0.2) is 5.17 Å². The number of rotatable bonds is 4. The molecular weight excluding hydrogens is 404 g/mol. The molecule has 3 rings (SSSR count). The lowest BCUT2D eigenvalue weighted by molar-refractivity contribution is -0.137. The average molecular weight is 419 g/mol. The molecule has 2 nitrogen and oxygen atoms in total. The molecule has 1 unspecified atom stereocenters. The third-order valence-electron chi connectivity index (χ3n) is 3.93. The highest BCUT2D eigenvalue weighted by Gasteiger charge is 2.30. The van der Waals surface area contributed by atoms with Crippen LogP contribution in [-0.2, 0) is 12.6 Å². The van der Waals surface area contributed by atoms with Crippen LogP contribution in [0.3, 0.4) is 0 Å². The van der Waals surface area contributed by atoms with Crippen LogP contribution in [0.4, 0.5) is 13.2 Å². The van der Waals surface area contributed by atoms with Gasteiger partial charge in [-0.1, -0.05) is 65.3 Å². The number of halogens is 5. The molecule has 0 saturated heterocycles. The lowest BCUT2D eigenvalue weighted by Crippen LogP contribution is -2.27. The van der Waals surface area contributed by atoms with Gasteiger partial charge in [0.1, 0.15) is 0 Å². The molecule has 1 aliphatic heterocycles. The van der Waals surface area contributed by atoms with Crippen LogP contribution in [0.15, 0.2) is 47.5 Å². The van der Waals surface area contributed by atoms with Gasteiger partial charge in [-0.25, -0.2) is 0 Å². The summed E-state index contributed by atoms with van der Waals surface area (Å²) in [6, 6.07) is 10.2. The summed E-state index contributed by atoms with van der Waals surface area (Å²) in [5.41, 5.74) is 0.613. The van der Waals surface area contributed by atoms with Gasteiger partial charge in [-0.15, -0.1) is 0 Å². The minimum Gasteiger partial charge on any atom is -0.358 e. The third kappa shape index (κ3) is 4.67. The Morgan fingerprint density at radius 3 is 2.62 bits per heavy atom. The molecule has 1 N–H and O–H groups in total. The van der Waals surface area contributed by atoms with Crippen molar-refractivity contribution in [2.24, 2.45) is 4.99 Å². The molecule has 0 spiro atoms. The van der Waals surface area contributed by atoms with E-state index in [-0.39, 0.29) is 6.04 Å². The maximum absolute atomic E-state index is 13.0. The molecule has 0 saturated carbocycles. The molecule has 1 heterocycles. The number of aliphatic imine (C=N–C) groups is 1. The predicted molar refractivity (Wildman–Crippen MR) is 102 cm³/mol. The van der Waals surface area contributed by atoms with Crippen LogP contribution in [0.25, 0.3) is 0 Å². The summed E-state index contributed by atoms with van der Waals surface area (Å²) in [4.78, 5) is 4.36. The van der Waals surface area contributed by atoms with Crippen LogP contribution in [-0.4, -0.2) is 17.5 Å². The first-order chi connectivity index (χ1) is 12.3. The van der Waals surface area contributed by atoms with Crippen LogP contribution in [0, 0.1) is 0 Å². The minimum atomic E-state index is -4.38. The molecule has 26 heavy (non-hydrogen) atoms. The van der Waals surface area contributed by atoms with Crippen molar-refractivity contribution in [1.29, 1.82) is 0 Å². The van der Waals surface area contributed by atoms with Crippen molar-refractivity contribution in [3.63, 3.8) is 0 Å². The van der Waals surface area contributed by atoms with Gasteiger partial charge in [-0.05, 0) is 29.7 Å². The van der Waals surface area contributed by atoms with E-state index in [1.165, 1.54) is 6.07 Å². The molecule has 0 aromatic heterocycles. The smallest absolute Gasteiger partial charge is 0.358 e. The maximum Gasteiger partial charge on any atom is 0.416 e. The topological polar surface area (TPSA) is 24.4 Å². The number of thioether (sulfide) groups is 1. The van der Waals surface area contributed by atoms with E-state index in [0.717, 1.165) is 28.6 Å². The lowest BCUT2D eigenvalue weighted by atomic mass is 9.97. The predicted octanol–water partition coefficient (Wildman–Crippen LogP) is 5.99. The summed E-state index contributed by atoms with van der Waals surface area (Å²) in [5, 5.41) is 4.85. The molecule has 1 atom stereocenters. The fourth-order valence-corrected chi connectivity index (χ4v) is 3.93. The van der Waals surface area contributed by atoms with Gasteiger partial charge >= 0.3 is 6.18 Å². The van der Waals surface area contributed by atoms with E-state index in [1.807, 2.05) is 6.07 Å². The number of hydrogen-bond acceptors (Lipinski definition) is 3. The van der Waals surface area contributed by atoms with E-state index in [1.54, 1.807) is 30.0 Å². The molecule has 0 bridgehead atoms. The van der Waals surface area contributed by atoms with Gasteiger partial charge in [-0.3, -0.25) is 4.99 Å². The van der Waals surface area contributed by atoms with Crippen molar-refractivity contribution in [2.45, 2.75) is 18.6 Å². The minimum absolute atomic E-state index is 0.323. The molecule has 0 amide bonds. The van der Waals surface area contributed by atoms with Crippen molar-refractivity contribution >= 4 is 40.1 Å². The standard InChI is InChI=1S/C18H15Cl2F3N2S/c19-14-6-2-5-13(16(14)20)15(25-17-24-7-8-26-17)10-11-3-1-4-12(9-11)18(21,22)23/h1-6,9,15H,7-8,10H2,(H,24,25). The molecule has 0 fully saturated rings.